The molecule has 1 rings (SSSR count). The highest BCUT2D eigenvalue weighted by molar-refractivity contribution is 6.43. The normalized spacial score (nSPS) is 15.2. The highest BCUT2D eigenvalue weighted by Crippen LogP contribution is 2.08. The molecule has 3 atom stereocenters. The summed E-state index contributed by atoms with van der Waals surface area (Å²) in [6.07, 6.45) is -0.663. The van der Waals surface area contributed by atoms with Gasteiger partial charge in [-0.25, -0.2) is 0 Å². The van der Waals surface area contributed by atoms with Crippen molar-refractivity contribution in [1.82, 2.24) is 5.32 Å². The van der Waals surface area contributed by atoms with Gasteiger partial charge in [-0.1, -0.05) is 44.2 Å². The highest BCUT2D eigenvalue weighted by Gasteiger charge is 2.30. The van der Waals surface area contributed by atoms with Crippen LogP contribution in [0.4, 0.5) is 0 Å². The third-order valence-electron chi connectivity index (χ3n) is 3.40. The van der Waals surface area contributed by atoms with Crippen molar-refractivity contribution in [3.8, 4) is 0 Å². The summed E-state index contributed by atoms with van der Waals surface area (Å²) in [5.74, 6) is -1.35. The highest BCUT2D eigenvalue weighted by atomic mass is 16.4. The molecule has 2 unspecified atom stereocenters. The molecule has 122 valence electrons. The Labute approximate surface area is 131 Å². The number of nitrogens with one attached hydrogen (secondary N) is 1. The summed E-state index contributed by atoms with van der Waals surface area (Å²) >= 11 is 0. The lowest BCUT2D eigenvalue weighted by molar-refractivity contribution is -0.130. The summed E-state index contributed by atoms with van der Waals surface area (Å²) in [6, 6.07) is 8.55. The minimum absolute atomic E-state index is 0.169. The molecule has 0 radical (unpaired) electrons. The number of nitrogens with two attached hydrogens (primary N) is 1. The third kappa shape index (κ3) is 6.15. The number of benzene rings is 1. The van der Waals surface area contributed by atoms with E-state index in [0.29, 0.717) is 12.8 Å². The van der Waals surface area contributed by atoms with Gasteiger partial charge in [0, 0.05) is 6.04 Å². The van der Waals surface area contributed by atoms with Crippen LogP contribution in [0.3, 0.4) is 0 Å². The Hall–Kier alpha value is -1.41. The number of carbonyl (C=O) groups is 1. The smallest absolute Gasteiger partial charge is 0.426 e. The van der Waals surface area contributed by atoms with Crippen LogP contribution in [0.25, 0.3) is 0 Å². The Morgan fingerprint density at radius 3 is 2.36 bits per heavy atom. The molecular formula is C15H25BN2O4. The predicted octanol–water partition coefficient (Wildman–Crippen LogP) is -0.540. The number of aliphatic hydroxyl groups excluding tert-OH is 1. The van der Waals surface area contributed by atoms with Gasteiger partial charge in [-0.05, 0) is 24.3 Å². The summed E-state index contributed by atoms with van der Waals surface area (Å²) in [5.41, 5.74) is 6.79. The summed E-state index contributed by atoms with van der Waals surface area (Å²) in [5, 5.41) is 31.0. The Morgan fingerprint density at radius 2 is 1.86 bits per heavy atom. The summed E-state index contributed by atoms with van der Waals surface area (Å²) in [4.78, 5) is 12.0. The van der Waals surface area contributed by atoms with Gasteiger partial charge in [0.1, 0.15) is 6.10 Å². The second-order valence-electron chi connectivity index (χ2n) is 5.96. The van der Waals surface area contributed by atoms with Gasteiger partial charge >= 0.3 is 7.12 Å². The molecular weight excluding hydrogens is 283 g/mol. The Bertz CT molecular complexity index is 456. The van der Waals surface area contributed by atoms with Crippen LogP contribution in [0.1, 0.15) is 25.8 Å². The van der Waals surface area contributed by atoms with E-state index in [9.17, 15) is 19.9 Å². The van der Waals surface area contributed by atoms with E-state index in [1.807, 2.05) is 44.2 Å². The average Bonchev–Trinajstić information content (AvgIpc) is 2.46. The van der Waals surface area contributed by atoms with Gasteiger partial charge in [-0.15, -0.1) is 0 Å². The topological polar surface area (TPSA) is 116 Å². The first-order valence-corrected chi connectivity index (χ1v) is 7.45. The van der Waals surface area contributed by atoms with Crippen molar-refractivity contribution in [1.29, 1.82) is 0 Å². The molecule has 1 aromatic rings. The molecule has 0 aromatic heterocycles. The molecule has 0 aliphatic rings. The molecule has 0 heterocycles. The van der Waals surface area contributed by atoms with Crippen molar-refractivity contribution in [2.45, 2.75) is 44.8 Å². The first-order chi connectivity index (χ1) is 10.3. The largest absolute Gasteiger partial charge is 0.475 e. The van der Waals surface area contributed by atoms with Crippen molar-refractivity contribution in [3.05, 3.63) is 35.9 Å². The number of carbonyl (C=O) groups excluding carboxylic acids is 1. The van der Waals surface area contributed by atoms with Gasteiger partial charge in [-0.3, -0.25) is 4.79 Å². The van der Waals surface area contributed by atoms with Crippen LogP contribution in [-0.4, -0.2) is 46.3 Å². The molecule has 0 aliphatic carbocycles. The predicted molar refractivity (Wildman–Crippen MR) is 85.7 cm³/mol. The number of amides is 1. The van der Waals surface area contributed by atoms with Crippen molar-refractivity contribution < 1.29 is 19.9 Å². The molecule has 22 heavy (non-hydrogen) atoms. The maximum atomic E-state index is 12.0. The minimum Gasteiger partial charge on any atom is -0.426 e. The maximum Gasteiger partial charge on any atom is 0.475 e. The first-order valence-electron chi connectivity index (χ1n) is 7.45. The second-order valence-corrected chi connectivity index (χ2v) is 5.96. The van der Waals surface area contributed by atoms with Crippen molar-refractivity contribution in [3.63, 3.8) is 0 Å². The molecule has 6 nitrogen and oxygen atoms in total. The van der Waals surface area contributed by atoms with E-state index >= 15 is 0 Å². The fourth-order valence-corrected chi connectivity index (χ4v) is 2.22. The lowest BCUT2D eigenvalue weighted by Gasteiger charge is -2.24. The standard InChI is InChI=1S/C15H25BN2O4/c1-10(2)8-13(16(21)22)18-15(20)14(19)12(17)9-11-6-4-3-5-7-11/h3-7,10,12-14,19,21-22H,8-9,17H2,1-2H3,(H,18,20)/t12?,13-,14?/m0/s1. The van der Waals surface area contributed by atoms with Gasteiger partial charge in [0.2, 0.25) is 5.91 Å². The fraction of sp³-hybridized carbons (Fsp3) is 0.533. The van der Waals surface area contributed by atoms with Crippen LogP contribution >= 0.6 is 0 Å². The van der Waals surface area contributed by atoms with Gasteiger partial charge in [0.05, 0.1) is 5.94 Å². The summed E-state index contributed by atoms with van der Waals surface area (Å²) in [7, 11) is -1.68. The molecule has 7 heteroatoms. The van der Waals surface area contributed by atoms with Crippen molar-refractivity contribution in [2.75, 3.05) is 0 Å². The lowest BCUT2D eigenvalue weighted by atomic mass is 9.75. The molecule has 0 saturated carbocycles. The number of hydrogen-bond acceptors (Lipinski definition) is 5. The Morgan fingerprint density at radius 1 is 1.27 bits per heavy atom. The van der Waals surface area contributed by atoms with E-state index in [0.717, 1.165) is 5.56 Å². The molecule has 0 aliphatic heterocycles. The van der Waals surface area contributed by atoms with Gasteiger partial charge in [0.15, 0.2) is 0 Å². The monoisotopic (exact) mass is 308 g/mol. The number of rotatable bonds is 8. The molecule has 1 amide bonds. The lowest BCUT2D eigenvalue weighted by Crippen LogP contribution is -2.54. The third-order valence-corrected chi connectivity index (χ3v) is 3.40. The van der Waals surface area contributed by atoms with E-state index in [1.165, 1.54) is 0 Å². The minimum atomic E-state index is -1.68. The van der Waals surface area contributed by atoms with Gasteiger partial charge in [-0.2, -0.15) is 0 Å². The van der Waals surface area contributed by atoms with Crippen LogP contribution < -0.4 is 11.1 Å². The number of hydrogen-bond donors (Lipinski definition) is 5. The van der Waals surface area contributed by atoms with E-state index in [2.05, 4.69) is 5.32 Å². The molecule has 0 bridgehead atoms. The molecule has 6 N–H and O–H groups in total. The Kier molecular flexibility index (Phi) is 7.54. The zero-order valence-electron chi connectivity index (χ0n) is 13.0. The van der Waals surface area contributed by atoms with Crippen molar-refractivity contribution >= 4 is 13.0 Å². The molecule has 0 saturated heterocycles. The van der Waals surface area contributed by atoms with E-state index in [4.69, 9.17) is 5.73 Å². The SMILES string of the molecule is CC(C)C[C@H](NC(=O)C(O)C(N)Cc1ccccc1)B(O)O. The van der Waals surface area contributed by atoms with Crippen LogP contribution in [0.15, 0.2) is 30.3 Å². The van der Waals surface area contributed by atoms with Gasteiger partial charge in [0.25, 0.3) is 0 Å². The zero-order valence-corrected chi connectivity index (χ0v) is 13.0. The maximum absolute atomic E-state index is 12.0. The van der Waals surface area contributed by atoms with Crippen LogP contribution in [0.5, 0.6) is 0 Å². The van der Waals surface area contributed by atoms with Crippen LogP contribution in [-0.2, 0) is 11.2 Å². The quantitative estimate of drug-likeness (QED) is 0.414. The van der Waals surface area contributed by atoms with E-state index < -0.39 is 31.1 Å². The van der Waals surface area contributed by atoms with Crippen LogP contribution in [0.2, 0.25) is 0 Å². The van der Waals surface area contributed by atoms with E-state index in [-0.39, 0.29) is 5.92 Å². The van der Waals surface area contributed by atoms with E-state index in [1.54, 1.807) is 0 Å². The van der Waals surface area contributed by atoms with Crippen molar-refractivity contribution in [2.24, 2.45) is 11.7 Å². The molecule has 1 aromatic carbocycles. The molecule has 0 fully saturated rings. The fourth-order valence-electron chi connectivity index (χ4n) is 2.22. The number of aliphatic hydroxyl groups is 1. The summed E-state index contributed by atoms with van der Waals surface area (Å²) < 4.78 is 0. The average molecular weight is 308 g/mol. The molecule has 0 spiro atoms. The Balaban J connectivity index is 2.59. The van der Waals surface area contributed by atoms with Gasteiger partial charge < -0.3 is 26.2 Å². The first kappa shape index (κ1) is 18.6. The zero-order chi connectivity index (χ0) is 16.7. The second kappa shape index (κ2) is 8.90. The van der Waals surface area contributed by atoms with Crippen LogP contribution in [0, 0.1) is 5.92 Å². The summed E-state index contributed by atoms with van der Waals surface area (Å²) in [6.45, 7) is 3.80.